The minimum atomic E-state index is 0.855. The minimum absolute atomic E-state index is 0.855. The molecule has 0 aliphatic carbocycles. The van der Waals surface area contributed by atoms with Gasteiger partial charge in [0, 0.05) is 12.1 Å². The van der Waals surface area contributed by atoms with Crippen molar-refractivity contribution in [3.63, 3.8) is 0 Å². The molecule has 1 aliphatic heterocycles. The third kappa shape index (κ3) is 3.10. The van der Waals surface area contributed by atoms with Crippen molar-refractivity contribution < 1.29 is 0 Å². The van der Waals surface area contributed by atoms with Crippen molar-refractivity contribution in [1.29, 1.82) is 0 Å². The van der Waals surface area contributed by atoms with E-state index >= 15 is 0 Å². The van der Waals surface area contributed by atoms with Gasteiger partial charge in [-0.15, -0.1) is 0 Å². The van der Waals surface area contributed by atoms with Crippen LogP contribution in [0.4, 0.5) is 0 Å². The molecule has 0 radical (unpaired) electrons. The van der Waals surface area contributed by atoms with Crippen molar-refractivity contribution in [2.45, 2.75) is 13.3 Å². The second-order valence-corrected chi connectivity index (χ2v) is 2.65. The fraction of sp³-hybridized carbons (Fsp3) is 0.200. The van der Waals surface area contributed by atoms with Crippen molar-refractivity contribution in [3.05, 3.63) is 36.5 Å². The monoisotopic (exact) mass is 160 g/mol. The fourth-order valence-electron chi connectivity index (χ4n) is 0.782. The van der Waals surface area contributed by atoms with E-state index in [1.807, 2.05) is 31.2 Å². The zero-order valence-corrected chi connectivity index (χ0v) is 7.20. The predicted molar refractivity (Wildman–Crippen MR) is 53.6 cm³/mol. The highest BCUT2D eigenvalue weighted by Crippen LogP contribution is 1.96. The first kappa shape index (κ1) is 8.65. The molecule has 12 heavy (non-hydrogen) atoms. The first-order valence-corrected chi connectivity index (χ1v) is 3.87. The summed E-state index contributed by atoms with van der Waals surface area (Å²) in [5.74, 6) is 0. The molecular weight excluding hydrogens is 148 g/mol. The summed E-state index contributed by atoms with van der Waals surface area (Å²) >= 11 is 0. The second-order valence-electron chi connectivity index (χ2n) is 2.65. The molecule has 0 atom stereocenters. The van der Waals surface area contributed by atoms with E-state index in [0.717, 1.165) is 17.7 Å². The Morgan fingerprint density at radius 2 is 2.25 bits per heavy atom. The Morgan fingerprint density at radius 1 is 1.42 bits per heavy atom. The molecule has 0 bridgehead atoms. The number of hydrogen-bond donors (Lipinski definition) is 0. The molecule has 0 unspecified atom stereocenters. The van der Waals surface area contributed by atoms with Gasteiger partial charge < -0.3 is 0 Å². The van der Waals surface area contributed by atoms with Crippen LogP contribution in [0.25, 0.3) is 0 Å². The summed E-state index contributed by atoms with van der Waals surface area (Å²) in [6.07, 6.45) is 10.4. The molecule has 0 aromatic carbocycles. The highest BCUT2D eigenvalue weighted by atomic mass is 15.2. The van der Waals surface area contributed by atoms with Crippen LogP contribution in [0.1, 0.15) is 13.3 Å². The SMILES string of the molecule is C=C1/C=C\C=C/C/C(C)=N\N=C/1. The van der Waals surface area contributed by atoms with Gasteiger partial charge in [0.05, 0.1) is 6.21 Å². The van der Waals surface area contributed by atoms with Gasteiger partial charge in [-0.2, -0.15) is 10.2 Å². The van der Waals surface area contributed by atoms with Crippen LogP contribution in [0.2, 0.25) is 0 Å². The van der Waals surface area contributed by atoms with Gasteiger partial charge in [0.25, 0.3) is 0 Å². The van der Waals surface area contributed by atoms with Crippen LogP contribution >= 0.6 is 0 Å². The Kier molecular flexibility index (Phi) is 3.20. The molecule has 1 rings (SSSR count). The van der Waals surface area contributed by atoms with E-state index in [1.54, 1.807) is 6.21 Å². The molecule has 0 aromatic heterocycles. The Bertz CT molecular complexity index is 280. The normalized spacial score (nSPS) is 30.1. The van der Waals surface area contributed by atoms with E-state index in [4.69, 9.17) is 0 Å². The van der Waals surface area contributed by atoms with Crippen LogP contribution in [-0.2, 0) is 0 Å². The molecule has 0 saturated heterocycles. The average Bonchev–Trinajstić information content (AvgIpc) is 2.04. The summed E-state index contributed by atoms with van der Waals surface area (Å²) in [6.45, 7) is 5.73. The summed E-state index contributed by atoms with van der Waals surface area (Å²) in [6, 6.07) is 0. The quantitative estimate of drug-likeness (QED) is 0.520. The third-order valence-corrected chi connectivity index (χ3v) is 1.42. The molecule has 2 nitrogen and oxygen atoms in total. The number of rotatable bonds is 0. The molecule has 0 N–H and O–H groups in total. The maximum absolute atomic E-state index is 3.98. The number of nitrogens with zero attached hydrogens (tertiary/aromatic N) is 2. The average molecular weight is 160 g/mol. The predicted octanol–water partition coefficient (Wildman–Crippen LogP) is 2.51. The standard InChI is InChI=1S/C10H12N2/c1-9-6-4-3-5-7-10(2)12-11-8-9/h3-6,8H,1,7H2,2H3/b5-3-,6-4-,11-8-,12-10-. The molecule has 2 heteroatoms. The van der Waals surface area contributed by atoms with Gasteiger partial charge in [-0.05, 0) is 12.5 Å². The lowest BCUT2D eigenvalue weighted by atomic mass is 10.2. The van der Waals surface area contributed by atoms with E-state index in [2.05, 4.69) is 16.8 Å². The Balaban J connectivity index is 2.79. The molecule has 1 aliphatic rings. The lowest BCUT2D eigenvalue weighted by Crippen LogP contribution is -1.87. The Hall–Kier alpha value is -1.44. The van der Waals surface area contributed by atoms with Crippen molar-refractivity contribution in [3.8, 4) is 0 Å². The van der Waals surface area contributed by atoms with Gasteiger partial charge in [-0.25, -0.2) is 0 Å². The lowest BCUT2D eigenvalue weighted by Gasteiger charge is -1.92. The molecule has 62 valence electrons. The van der Waals surface area contributed by atoms with Crippen molar-refractivity contribution in [2.75, 3.05) is 0 Å². The lowest BCUT2D eigenvalue weighted by molar-refractivity contribution is 1.21. The van der Waals surface area contributed by atoms with Crippen LogP contribution in [0.15, 0.2) is 46.7 Å². The van der Waals surface area contributed by atoms with Crippen molar-refractivity contribution in [1.82, 2.24) is 0 Å². The second kappa shape index (κ2) is 4.44. The largest absolute Gasteiger partial charge is 0.160 e. The fourth-order valence-corrected chi connectivity index (χ4v) is 0.782. The zero-order chi connectivity index (χ0) is 8.81. The summed E-state index contributed by atoms with van der Waals surface area (Å²) in [5, 5.41) is 7.85. The summed E-state index contributed by atoms with van der Waals surface area (Å²) in [7, 11) is 0. The van der Waals surface area contributed by atoms with Gasteiger partial charge >= 0.3 is 0 Å². The first-order chi connectivity index (χ1) is 5.79. The van der Waals surface area contributed by atoms with Crippen LogP contribution in [0, 0.1) is 0 Å². The molecule has 0 fully saturated rings. The molecule has 0 amide bonds. The van der Waals surface area contributed by atoms with E-state index in [1.165, 1.54) is 0 Å². The van der Waals surface area contributed by atoms with E-state index < -0.39 is 0 Å². The third-order valence-electron chi connectivity index (χ3n) is 1.42. The molecule has 0 aromatic rings. The minimum Gasteiger partial charge on any atom is -0.160 e. The van der Waals surface area contributed by atoms with Gasteiger partial charge in [-0.3, -0.25) is 0 Å². The summed E-state index contributed by atoms with van der Waals surface area (Å²) < 4.78 is 0. The van der Waals surface area contributed by atoms with Crippen molar-refractivity contribution in [2.24, 2.45) is 10.2 Å². The van der Waals surface area contributed by atoms with E-state index in [0.29, 0.717) is 0 Å². The van der Waals surface area contributed by atoms with Gasteiger partial charge in [0.2, 0.25) is 0 Å². The Morgan fingerprint density at radius 3 is 3.08 bits per heavy atom. The summed E-state index contributed by atoms with van der Waals surface area (Å²) in [4.78, 5) is 0. The topological polar surface area (TPSA) is 24.7 Å². The van der Waals surface area contributed by atoms with Gasteiger partial charge in [-0.1, -0.05) is 30.9 Å². The molecular formula is C10H12N2. The Labute approximate surface area is 72.7 Å². The maximum Gasteiger partial charge on any atom is 0.0562 e. The number of hydrogen-bond acceptors (Lipinski definition) is 2. The maximum atomic E-state index is 3.98. The van der Waals surface area contributed by atoms with Crippen LogP contribution in [0.5, 0.6) is 0 Å². The zero-order valence-electron chi connectivity index (χ0n) is 7.20. The van der Waals surface area contributed by atoms with Gasteiger partial charge in [0.15, 0.2) is 0 Å². The van der Waals surface area contributed by atoms with E-state index in [9.17, 15) is 0 Å². The number of allylic oxidation sites excluding steroid dienone is 5. The molecule has 1 heterocycles. The highest BCUT2D eigenvalue weighted by Gasteiger charge is 1.86. The highest BCUT2D eigenvalue weighted by molar-refractivity contribution is 5.86. The molecule has 0 saturated carbocycles. The van der Waals surface area contributed by atoms with Crippen LogP contribution in [0.3, 0.4) is 0 Å². The summed E-state index contributed by atoms with van der Waals surface area (Å²) in [5.41, 5.74) is 1.86. The smallest absolute Gasteiger partial charge is 0.0562 e. The first-order valence-electron chi connectivity index (χ1n) is 3.87. The van der Waals surface area contributed by atoms with Crippen LogP contribution < -0.4 is 0 Å². The van der Waals surface area contributed by atoms with Gasteiger partial charge in [0.1, 0.15) is 0 Å². The van der Waals surface area contributed by atoms with Crippen LogP contribution in [-0.4, -0.2) is 11.9 Å². The molecule has 0 spiro atoms. The van der Waals surface area contributed by atoms with E-state index in [-0.39, 0.29) is 0 Å². The van der Waals surface area contributed by atoms with Crippen molar-refractivity contribution >= 4 is 11.9 Å².